The minimum atomic E-state index is -0.729. The van der Waals surface area contributed by atoms with Gasteiger partial charge in [-0.1, -0.05) is 42.8 Å². The van der Waals surface area contributed by atoms with Crippen LogP contribution in [0.4, 0.5) is 19.4 Å². The van der Waals surface area contributed by atoms with E-state index >= 15 is 4.39 Å². The van der Waals surface area contributed by atoms with Crippen LogP contribution < -0.4 is 9.64 Å². The normalized spacial score (nSPS) is 18.7. The molecule has 10 nitrogen and oxygen atoms in total. The Balaban J connectivity index is 1.43. The Morgan fingerprint density at radius 1 is 1.13 bits per heavy atom. The Kier molecular flexibility index (Phi) is 9.05. The fraction of sp³-hybridized carbons (Fsp3) is 0.441. The molecule has 2 saturated heterocycles. The number of rotatable bonds is 7. The monoisotopic (exact) mass is 663 g/mol. The molecular formula is C34H36ClF2N7O3. The number of piperazine rings is 1. The highest BCUT2D eigenvalue weighted by atomic mass is 35.5. The van der Waals surface area contributed by atoms with Gasteiger partial charge in [0.2, 0.25) is 6.54 Å². The molecule has 246 valence electrons. The molecule has 1 unspecified atom stereocenters. The average molecular weight is 664 g/mol. The predicted molar refractivity (Wildman–Crippen MR) is 177 cm³/mol. The average Bonchev–Trinajstić information content (AvgIpc) is 3.02. The number of amides is 1. The van der Waals surface area contributed by atoms with Gasteiger partial charge in [0.15, 0.2) is 5.82 Å². The van der Waals surface area contributed by atoms with Crippen molar-refractivity contribution in [3.8, 4) is 17.3 Å². The molecule has 0 N–H and O–H groups in total. The van der Waals surface area contributed by atoms with E-state index in [0.717, 1.165) is 19.5 Å². The van der Waals surface area contributed by atoms with Crippen LogP contribution in [0, 0.1) is 18.2 Å². The van der Waals surface area contributed by atoms with Crippen molar-refractivity contribution in [1.29, 1.82) is 0 Å². The van der Waals surface area contributed by atoms with Gasteiger partial charge in [0.05, 0.1) is 10.4 Å². The Hall–Kier alpha value is -4.34. The number of likely N-dealkylation sites (N-methyl/N-ethyl adjacent to an activating group) is 1. The third-order valence-corrected chi connectivity index (χ3v) is 8.99. The Morgan fingerprint density at radius 2 is 1.94 bits per heavy atom. The molecule has 4 aromatic rings. The molecular weight excluding hydrogens is 628 g/mol. The van der Waals surface area contributed by atoms with Crippen molar-refractivity contribution in [2.75, 3.05) is 50.8 Å². The zero-order chi connectivity index (χ0) is 33.5. The number of likely N-dealkylation sites (tertiary alicyclic amines) is 1. The van der Waals surface area contributed by atoms with Gasteiger partial charge in [0, 0.05) is 49.4 Å². The van der Waals surface area contributed by atoms with E-state index in [9.17, 15) is 9.18 Å². The summed E-state index contributed by atoms with van der Waals surface area (Å²) in [6, 6.07) is 7.71. The molecule has 2 aliphatic heterocycles. The zero-order valence-corrected chi connectivity index (χ0v) is 27.5. The quantitative estimate of drug-likeness (QED) is 0.205. The number of nitrogens with zero attached hydrogens (tertiary/aromatic N) is 7. The maximum atomic E-state index is 16.7. The summed E-state index contributed by atoms with van der Waals surface area (Å²) < 4.78 is 42.9. The highest BCUT2D eigenvalue weighted by Crippen LogP contribution is 2.38. The molecule has 2 fully saturated rings. The van der Waals surface area contributed by atoms with Gasteiger partial charge in [-0.25, -0.2) is 20.1 Å². The summed E-state index contributed by atoms with van der Waals surface area (Å²) >= 11 is 6.39. The third-order valence-electron chi connectivity index (χ3n) is 8.62. The number of benzene rings is 2. The van der Waals surface area contributed by atoms with Crippen LogP contribution in [0.15, 0.2) is 36.5 Å². The smallest absolute Gasteiger partial charge is 0.410 e. The number of halogens is 3. The van der Waals surface area contributed by atoms with Crippen LogP contribution in [0.1, 0.15) is 34.1 Å². The number of hydrogen-bond donors (Lipinski definition) is 0. The van der Waals surface area contributed by atoms with Crippen LogP contribution in [0.3, 0.4) is 0 Å². The van der Waals surface area contributed by atoms with Crippen molar-refractivity contribution in [3.63, 3.8) is 0 Å². The standard InChI is InChI=1S/C34H36ClF2N7O3/c1-6-42-13-12-21(42)19-46-32-40-30-24(17-39-29(28(30)37)23-9-7-8-20-10-11-25(36)27(35)26(20)23)31(41-32)43-14-15-44(22(18-43)16-38-5)33(45)47-34(2,3)4/h7-11,17,21-22H,6,12-16,18-19H2,1-4H3/t21?,22-/m0/s1. The number of carbonyl (C=O) groups excluding carboxylic acids is 1. The molecule has 47 heavy (non-hydrogen) atoms. The zero-order valence-electron chi connectivity index (χ0n) is 26.8. The maximum Gasteiger partial charge on any atom is 0.410 e. The van der Waals surface area contributed by atoms with Crippen molar-refractivity contribution in [1.82, 2.24) is 24.8 Å². The van der Waals surface area contributed by atoms with Crippen LogP contribution >= 0.6 is 11.6 Å². The van der Waals surface area contributed by atoms with Crippen molar-refractivity contribution in [2.45, 2.75) is 51.8 Å². The van der Waals surface area contributed by atoms with Gasteiger partial charge in [-0.3, -0.25) is 14.8 Å². The van der Waals surface area contributed by atoms with Crippen molar-refractivity contribution in [2.24, 2.45) is 0 Å². The molecule has 4 heterocycles. The minimum absolute atomic E-state index is 0.00444. The summed E-state index contributed by atoms with van der Waals surface area (Å²) in [5.41, 5.74) is -0.425. The Bertz CT molecular complexity index is 1880. The van der Waals surface area contributed by atoms with Crippen molar-refractivity contribution < 1.29 is 23.0 Å². The van der Waals surface area contributed by atoms with E-state index in [0.29, 0.717) is 40.7 Å². The van der Waals surface area contributed by atoms with E-state index in [1.54, 1.807) is 49.9 Å². The van der Waals surface area contributed by atoms with Crippen molar-refractivity contribution >= 4 is 45.2 Å². The first-order chi connectivity index (χ1) is 22.5. The number of fused-ring (bicyclic) bond motifs is 2. The summed E-state index contributed by atoms with van der Waals surface area (Å²) in [7, 11) is 0. The van der Waals surface area contributed by atoms with Crippen LogP contribution in [0.25, 0.3) is 37.8 Å². The summed E-state index contributed by atoms with van der Waals surface area (Å²) in [6.45, 7) is 18.1. The Morgan fingerprint density at radius 3 is 2.64 bits per heavy atom. The fourth-order valence-corrected chi connectivity index (χ4v) is 6.44. The van der Waals surface area contributed by atoms with E-state index in [1.807, 2.05) is 4.90 Å². The van der Waals surface area contributed by atoms with E-state index in [-0.39, 0.29) is 47.9 Å². The molecule has 2 atom stereocenters. The van der Waals surface area contributed by atoms with Crippen LogP contribution in [0.5, 0.6) is 6.01 Å². The van der Waals surface area contributed by atoms with Crippen LogP contribution in [-0.4, -0.2) is 94.4 Å². The van der Waals surface area contributed by atoms with Gasteiger partial charge >= 0.3 is 12.1 Å². The molecule has 0 aliphatic carbocycles. The maximum absolute atomic E-state index is 16.7. The lowest BCUT2D eigenvalue weighted by atomic mass is 10.0. The van der Waals surface area contributed by atoms with Crippen LogP contribution in [-0.2, 0) is 4.74 Å². The molecule has 0 bridgehead atoms. The molecule has 13 heteroatoms. The summed E-state index contributed by atoms with van der Waals surface area (Å²) in [5, 5.41) is 1.19. The van der Waals surface area contributed by atoms with Crippen LogP contribution in [0.2, 0.25) is 5.02 Å². The van der Waals surface area contributed by atoms with Gasteiger partial charge < -0.3 is 19.2 Å². The topological polar surface area (TPSA) is 88.3 Å². The number of ether oxygens (including phenoxy) is 2. The molecule has 0 spiro atoms. The van der Waals surface area contributed by atoms with Gasteiger partial charge in [0.25, 0.3) is 0 Å². The molecule has 2 aliphatic rings. The summed E-state index contributed by atoms with van der Waals surface area (Å²) in [4.78, 5) is 36.1. The Labute approximate surface area is 277 Å². The van der Waals surface area contributed by atoms with Gasteiger partial charge in [-0.15, -0.1) is 0 Å². The summed E-state index contributed by atoms with van der Waals surface area (Å²) in [6.07, 6.45) is 1.97. The van der Waals surface area contributed by atoms with E-state index in [1.165, 1.54) is 12.3 Å². The van der Waals surface area contributed by atoms with E-state index in [2.05, 4.69) is 26.6 Å². The summed E-state index contributed by atoms with van der Waals surface area (Å²) in [5.74, 6) is -0.970. The first kappa shape index (κ1) is 32.6. The lowest BCUT2D eigenvalue weighted by Crippen LogP contribution is -2.57. The van der Waals surface area contributed by atoms with Gasteiger partial charge in [-0.05, 0) is 45.2 Å². The molecule has 6 rings (SSSR count). The number of anilines is 1. The predicted octanol–water partition coefficient (Wildman–Crippen LogP) is 6.59. The first-order valence-electron chi connectivity index (χ1n) is 15.7. The first-order valence-corrected chi connectivity index (χ1v) is 16.0. The van der Waals surface area contributed by atoms with E-state index < -0.39 is 29.4 Å². The number of carbonyl (C=O) groups is 1. The lowest BCUT2D eigenvalue weighted by molar-refractivity contribution is 0.0155. The number of aromatic nitrogens is 3. The molecule has 0 saturated carbocycles. The van der Waals surface area contributed by atoms with E-state index in [4.69, 9.17) is 32.6 Å². The largest absolute Gasteiger partial charge is 0.462 e. The second-order valence-corrected chi connectivity index (χ2v) is 13.2. The molecule has 2 aromatic carbocycles. The second-order valence-electron chi connectivity index (χ2n) is 12.8. The highest BCUT2D eigenvalue weighted by Gasteiger charge is 2.37. The van der Waals surface area contributed by atoms with Gasteiger partial charge in [0.1, 0.15) is 41.1 Å². The molecule has 2 aromatic heterocycles. The fourth-order valence-electron chi connectivity index (χ4n) is 6.16. The highest BCUT2D eigenvalue weighted by molar-refractivity contribution is 6.36. The minimum Gasteiger partial charge on any atom is -0.462 e. The lowest BCUT2D eigenvalue weighted by Gasteiger charge is -2.40. The van der Waals surface area contributed by atoms with Crippen molar-refractivity contribution in [3.05, 3.63) is 64.6 Å². The SMILES string of the molecule is [C-]#[N+]C[C@H]1CN(c2nc(OCC3CCN3CC)nc3c(F)c(-c4cccc5ccc(F)c(Cl)c45)ncc23)CCN1C(=O)OC(C)(C)C. The number of pyridine rings is 1. The number of hydrogen-bond acceptors (Lipinski definition) is 8. The van der Waals surface area contributed by atoms with Gasteiger partial charge in [-0.2, -0.15) is 9.97 Å². The molecule has 1 amide bonds. The second kappa shape index (κ2) is 13.0. The molecule has 0 radical (unpaired) electrons. The third kappa shape index (κ3) is 6.47.